The largest absolute Gasteiger partial charge is 0.350 e. The summed E-state index contributed by atoms with van der Waals surface area (Å²) < 4.78 is 28.2. The van der Waals surface area contributed by atoms with Crippen molar-refractivity contribution in [2.24, 2.45) is 0 Å². The Morgan fingerprint density at radius 1 is 0.914 bits per heavy atom. The Kier molecular flexibility index (Phi) is 8.30. The van der Waals surface area contributed by atoms with Crippen LogP contribution in [0.3, 0.4) is 0 Å². The SMILES string of the molecule is CC[C@@H](C)NC(=O)c1ccccc1NC(=O)CN(c1cc(C)cc(C)c1)S(=O)(=O)c1ccccc1. The third-order valence-electron chi connectivity index (χ3n) is 5.55. The normalized spacial score (nSPS) is 12.0. The monoisotopic (exact) mass is 493 g/mol. The van der Waals surface area contributed by atoms with Gasteiger partial charge in [0.15, 0.2) is 0 Å². The molecule has 2 amide bonds. The molecule has 0 radical (unpaired) electrons. The van der Waals surface area contributed by atoms with Gasteiger partial charge < -0.3 is 10.6 Å². The molecular formula is C27H31N3O4S. The van der Waals surface area contributed by atoms with Crippen molar-refractivity contribution in [2.45, 2.75) is 45.1 Å². The number of amides is 2. The van der Waals surface area contributed by atoms with Gasteiger partial charge in [0, 0.05) is 6.04 Å². The van der Waals surface area contributed by atoms with E-state index in [1.807, 2.05) is 33.8 Å². The molecule has 0 saturated carbocycles. The van der Waals surface area contributed by atoms with E-state index in [0.29, 0.717) is 16.9 Å². The molecule has 3 aromatic carbocycles. The molecule has 0 aliphatic carbocycles. The predicted octanol–water partition coefficient (Wildman–Crippen LogP) is 4.67. The van der Waals surface area contributed by atoms with Gasteiger partial charge in [0.2, 0.25) is 5.91 Å². The van der Waals surface area contributed by atoms with Crippen molar-refractivity contribution in [3.63, 3.8) is 0 Å². The van der Waals surface area contributed by atoms with Crippen LogP contribution in [-0.4, -0.2) is 32.8 Å². The van der Waals surface area contributed by atoms with Gasteiger partial charge in [-0.2, -0.15) is 0 Å². The first-order valence-corrected chi connectivity index (χ1v) is 12.9. The molecule has 0 saturated heterocycles. The second-order valence-electron chi connectivity index (χ2n) is 8.55. The Morgan fingerprint density at radius 2 is 1.51 bits per heavy atom. The third-order valence-corrected chi connectivity index (χ3v) is 7.34. The number of aryl methyl sites for hydroxylation is 2. The molecule has 0 aromatic heterocycles. The van der Waals surface area contributed by atoms with Gasteiger partial charge in [0.25, 0.3) is 15.9 Å². The maximum Gasteiger partial charge on any atom is 0.264 e. The molecule has 1 atom stereocenters. The van der Waals surface area contributed by atoms with Gasteiger partial charge >= 0.3 is 0 Å². The predicted molar refractivity (Wildman–Crippen MR) is 139 cm³/mol. The maximum absolute atomic E-state index is 13.6. The van der Waals surface area contributed by atoms with Crippen molar-refractivity contribution in [2.75, 3.05) is 16.2 Å². The lowest BCUT2D eigenvalue weighted by Crippen LogP contribution is -2.38. The first-order chi connectivity index (χ1) is 16.6. The van der Waals surface area contributed by atoms with Crippen LogP contribution in [0, 0.1) is 13.8 Å². The van der Waals surface area contributed by atoms with Crippen LogP contribution in [0.4, 0.5) is 11.4 Å². The first kappa shape index (κ1) is 26.0. The molecule has 0 aliphatic rings. The molecule has 3 rings (SSSR count). The van der Waals surface area contributed by atoms with Gasteiger partial charge in [-0.3, -0.25) is 13.9 Å². The molecular weight excluding hydrogens is 462 g/mol. The Labute approximate surface area is 207 Å². The summed E-state index contributed by atoms with van der Waals surface area (Å²) in [6.45, 7) is 7.15. The summed E-state index contributed by atoms with van der Waals surface area (Å²) in [6, 6.07) is 20.0. The van der Waals surface area contributed by atoms with Crippen molar-refractivity contribution in [1.82, 2.24) is 5.32 Å². The first-order valence-electron chi connectivity index (χ1n) is 11.5. The molecule has 0 heterocycles. The minimum absolute atomic E-state index is 0.0256. The Balaban J connectivity index is 1.94. The summed E-state index contributed by atoms with van der Waals surface area (Å²) in [5.41, 5.74) is 2.77. The van der Waals surface area contributed by atoms with Crippen molar-refractivity contribution in [3.05, 3.63) is 89.5 Å². The lowest BCUT2D eigenvalue weighted by atomic mass is 10.1. The smallest absolute Gasteiger partial charge is 0.264 e. The highest BCUT2D eigenvalue weighted by molar-refractivity contribution is 7.92. The second-order valence-corrected chi connectivity index (χ2v) is 10.4. The number of rotatable bonds is 9. The van der Waals surface area contributed by atoms with E-state index in [9.17, 15) is 18.0 Å². The zero-order chi connectivity index (χ0) is 25.6. The van der Waals surface area contributed by atoms with Crippen LogP contribution in [-0.2, 0) is 14.8 Å². The van der Waals surface area contributed by atoms with Gasteiger partial charge in [-0.05, 0) is 74.7 Å². The van der Waals surface area contributed by atoms with Crippen LogP contribution in [0.2, 0.25) is 0 Å². The maximum atomic E-state index is 13.6. The third kappa shape index (κ3) is 6.48. The van der Waals surface area contributed by atoms with E-state index in [4.69, 9.17) is 0 Å². The molecule has 7 nitrogen and oxygen atoms in total. The molecule has 184 valence electrons. The highest BCUT2D eigenvalue weighted by Crippen LogP contribution is 2.26. The summed E-state index contributed by atoms with van der Waals surface area (Å²) in [7, 11) is -4.03. The average molecular weight is 494 g/mol. The second kappa shape index (κ2) is 11.2. The fourth-order valence-electron chi connectivity index (χ4n) is 3.64. The number of nitrogens with zero attached hydrogens (tertiary/aromatic N) is 1. The zero-order valence-corrected chi connectivity index (χ0v) is 21.2. The quantitative estimate of drug-likeness (QED) is 0.453. The van der Waals surface area contributed by atoms with E-state index < -0.39 is 22.5 Å². The molecule has 8 heteroatoms. The summed E-state index contributed by atoms with van der Waals surface area (Å²) in [5, 5.41) is 5.62. The number of hydrogen-bond donors (Lipinski definition) is 2. The topological polar surface area (TPSA) is 95.6 Å². The number of carbonyl (C=O) groups excluding carboxylic acids is 2. The summed E-state index contributed by atoms with van der Waals surface area (Å²) in [5.74, 6) is -0.870. The van der Waals surface area contributed by atoms with E-state index in [0.717, 1.165) is 21.9 Å². The van der Waals surface area contributed by atoms with E-state index in [2.05, 4.69) is 10.6 Å². The number of para-hydroxylation sites is 1. The molecule has 0 spiro atoms. The number of carbonyl (C=O) groups is 2. The highest BCUT2D eigenvalue weighted by Gasteiger charge is 2.28. The van der Waals surface area contributed by atoms with Gasteiger partial charge in [-0.25, -0.2) is 8.42 Å². The Bertz CT molecular complexity index is 1290. The number of benzene rings is 3. The molecule has 0 unspecified atom stereocenters. The average Bonchev–Trinajstić information content (AvgIpc) is 2.82. The summed E-state index contributed by atoms with van der Waals surface area (Å²) >= 11 is 0. The van der Waals surface area contributed by atoms with E-state index in [-0.39, 0.29) is 16.8 Å². The van der Waals surface area contributed by atoms with Gasteiger partial charge in [0.05, 0.1) is 21.8 Å². The van der Waals surface area contributed by atoms with Gasteiger partial charge in [-0.15, -0.1) is 0 Å². The van der Waals surface area contributed by atoms with Crippen LogP contribution in [0.1, 0.15) is 41.8 Å². The number of anilines is 2. The van der Waals surface area contributed by atoms with Crippen molar-refractivity contribution >= 4 is 33.2 Å². The van der Waals surface area contributed by atoms with E-state index in [1.54, 1.807) is 54.6 Å². The fraction of sp³-hybridized carbons (Fsp3) is 0.259. The lowest BCUT2D eigenvalue weighted by molar-refractivity contribution is -0.114. The molecule has 2 N–H and O–H groups in total. The molecule has 3 aromatic rings. The van der Waals surface area contributed by atoms with Crippen molar-refractivity contribution in [3.8, 4) is 0 Å². The zero-order valence-electron chi connectivity index (χ0n) is 20.4. The Hall–Kier alpha value is -3.65. The molecule has 0 bridgehead atoms. The Morgan fingerprint density at radius 3 is 2.14 bits per heavy atom. The number of hydrogen-bond acceptors (Lipinski definition) is 4. The van der Waals surface area contributed by atoms with Crippen LogP contribution < -0.4 is 14.9 Å². The van der Waals surface area contributed by atoms with Crippen LogP contribution in [0.25, 0.3) is 0 Å². The lowest BCUT2D eigenvalue weighted by Gasteiger charge is -2.25. The van der Waals surface area contributed by atoms with E-state index in [1.165, 1.54) is 12.1 Å². The highest BCUT2D eigenvalue weighted by atomic mass is 32.2. The van der Waals surface area contributed by atoms with Crippen LogP contribution >= 0.6 is 0 Å². The minimum Gasteiger partial charge on any atom is -0.350 e. The number of sulfonamides is 1. The van der Waals surface area contributed by atoms with Gasteiger partial charge in [0.1, 0.15) is 6.54 Å². The molecule has 0 aliphatic heterocycles. The fourth-order valence-corrected chi connectivity index (χ4v) is 5.07. The van der Waals surface area contributed by atoms with E-state index >= 15 is 0 Å². The minimum atomic E-state index is -4.03. The molecule has 35 heavy (non-hydrogen) atoms. The standard InChI is InChI=1S/C27H31N3O4S/c1-5-21(4)28-27(32)24-13-9-10-14-25(24)29-26(31)18-30(22-16-19(2)15-20(3)17-22)35(33,34)23-11-7-6-8-12-23/h6-17,21H,5,18H2,1-4H3,(H,28,32)(H,29,31)/t21-/m1/s1. The number of nitrogens with one attached hydrogen (secondary N) is 2. The van der Waals surface area contributed by atoms with Crippen molar-refractivity contribution < 1.29 is 18.0 Å². The summed E-state index contributed by atoms with van der Waals surface area (Å²) in [4.78, 5) is 25.9. The summed E-state index contributed by atoms with van der Waals surface area (Å²) in [6.07, 6.45) is 0.766. The molecule has 0 fully saturated rings. The van der Waals surface area contributed by atoms with Crippen LogP contribution in [0.5, 0.6) is 0 Å². The van der Waals surface area contributed by atoms with Crippen molar-refractivity contribution in [1.29, 1.82) is 0 Å². The van der Waals surface area contributed by atoms with Gasteiger partial charge in [-0.1, -0.05) is 43.3 Å². The van der Waals surface area contributed by atoms with Crippen LogP contribution in [0.15, 0.2) is 77.7 Å².